The number of rotatable bonds is 7. The lowest BCUT2D eigenvalue weighted by Gasteiger charge is -2.10. The van der Waals surface area contributed by atoms with E-state index in [1.54, 1.807) is 6.92 Å². The molecular weight excluding hydrogens is 178 g/mol. The van der Waals surface area contributed by atoms with Crippen molar-refractivity contribution in [3.05, 3.63) is 10.1 Å². The van der Waals surface area contributed by atoms with E-state index in [-0.39, 0.29) is 6.42 Å². The van der Waals surface area contributed by atoms with Gasteiger partial charge in [-0.15, -0.1) is 10.1 Å². The van der Waals surface area contributed by atoms with Crippen LogP contribution >= 0.6 is 0 Å². The second-order valence-corrected chi connectivity index (χ2v) is 2.65. The highest BCUT2D eigenvalue weighted by molar-refractivity contribution is 5.66. The van der Waals surface area contributed by atoms with E-state index in [2.05, 4.69) is 4.84 Å². The van der Waals surface area contributed by atoms with Gasteiger partial charge in [-0.05, 0) is 19.3 Å². The zero-order chi connectivity index (χ0) is 10.3. The van der Waals surface area contributed by atoms with Crippen LogP contribution in [-0.2, 0) is 9.63 Å². The summed E-state index contributed by atoms with van der Waals surface area (Å²) in [6.45, 7) is 1.76. The third kappa shape index (κ3) is 7.04. The zero-order valence-corrected chi connectivity index (χ0v) is 7.43. The largest absolute Gasteiger partial charge is 0.481 e. The van der Waals surface area contributed by atoms with Crippen LogP contribution in [0.25, 0.3) is 0 Å². The summed E-state index contributed by atoms with van der Waals surface area (Å²) < 4.78 is 0. The van der Waals surface area contributed by atoms with Gasteiger partial charge < -0.3 is 9.94 Å². The molecule has 1 N–H and O–H groups in total. The highest BCUT2D eigenvalue weighted by Crippen LogP contribution is 2.08. The summed E-state index contributed by atoms with van der Waals surface area (Å²) >= 11 is 0. The molecular formula is C7H13NO5. The van der Waals surface area contributed by atoms with E-state index in [1.807, 2.05) is 0 Å². The van der Waals surface area contributed by atoms with Crippen LogP contribution < -0.4 is 0 Å². The van der Waals surface area contributed by atoms with Crippen molar-refractivity contribution in [2.24, 2.45) is 0 Å². The molecule has 0 radical (unpaired) electrons. The third-order valence-corrected chi connectivity index (χ3v) is 1.61. The van der Waals surface area contributed by atoms with Gasteiger partial charge in [0.25, 0.3) is 5.09 Å². The van der Waals surface area contributed by atoms with Crippen LogP contribution in [-0.4, -0.2) is 22.3 Å². The number of carboxylic acid groups (broad SMARTS) is 1. The molecule has 0 amide bonds. The van der Waals surface area contributed by atoms with E-state index < -0.39 is 17.2 Å². The first kappa shape index (κ1) is 11.7. The third-order valence-electron chi connectivity index (χ3n) is 1.61. The molecule has 0 aliphatic carbocycles. The second-order valence-electron chi connectivity index (χ2n) is 2.65. The van der Waals surface area contributed by atoms with E-state index in [0.717, 1.165) is 0 Å². The summed E-state index contributed by atoms with van der Waals surface area (Å²) in [6.07, 6.45) is 0.873. The van der Waals surface area contributed by atoms with Crippen molar-refractivity contribution >= 4 is 5.97 Å². The molecule has 0 heterocycles. The van der Waals surface area contributed by atoms with Gasteiger partial charge in [0.1, 0.15) is 6.10 Å². The quantitative estimate of drug-likeness (QED) is 0.482. The van der Waals surface area contributed by atoms with Crippen LogP contribution in [0.4, 0.5) is 0 Å². The summed E-state index contributed by atoms with van der Waals surface area (Å²) in [5.74, 6) is -0.893. The first-order valence-corrected chi connectivity index (χ1v) is 4.09. The summed E-state index contributed by atoms with van der Waals surface area (Å²) in [6, 6.07) is 0. The number of hydrogen-bond acceptors (Lipinski definition) is 4. The topological polar surface area (TPSA) is 89.7 Å². The molecule has 13 heavy (non-hydrogen) atoms. The van der Waals surface area contributed by atoms with Crippen LogP contribution in [0.3, 0.4) is 0 Å². The zero-order valence-electron chi connectivity index (χ0n) is 7.43. The highest BCUT2D eigenvalue weighted by atomic mass is 17.0. The van der Waals surface area contributed by atoms with Crippen molar-refractivity contribution in [3.63, 3.8) is 0 Å². The van der Waals surface area contributed by atoms with E-state index in [4.69, 9.17) is 5.11 Å². The van der Waals surface area contributed by atoms with E-state index >= 15 is 0 Å². The molecule has 0 aliphatic heterocycles. The Balaban J connectivity index is 3.59. The second kappa shape index (κ2) is 6.22. The Morgan fingerprint density at radius 3 is 2.69 bits per heavy atom. The van der Waals surface area contributed by atoms with Crippen LogP contribution in [0.1, 0.15) is 32.6 Å². The Morgan fingerprint density at radius 1 is 1.69 bits per heavy atom. The molecule has 0 bridgehead atoms. The van der Waals surface area contributed by atoms with E-state index in [9.17, 15) is 14.9 Å². The summed E-state index contributed by atoms with van der Waals surface area (Å²) in [5.41, 5.74) is 0. The van der Waals surface area contributed by atoms with Gasteiger partial charge in [0.05, 0.1) is 0 Å². The molecule has 1 atom stereocenters. The van der Waals surface area contributed by atoms with Crippen LogP contribution in [0.5, 0.6) is 0 Å². The number of carbonyl (C=O) groups is 1. The Labute approximate surface area is 75.6 Å². The number of carboxylic acids is 1. The summed E-state index contributed by atoms with van der Waals surface area (Å²) in [5, 5.41) is 17.4. The van der Waals surface area contributed by atoms with Crippen molar-refractivity contribution in [1.29, 1.82) is 0 Å². The summed E-state index contributed by atoms with van der Waals surface area (Å²) in [4.78, 5) is 24.4. The van der Waals surface area contributed by atoms with Crippen molar-refractivity contribution < 1.29 is 19.8 Å². The average molecular weight is 191 g/mol. The SMILES string of the molecule is CC[C@@H](CCCC(=O)O)O[N+](=O)[O-]. The lowest BCUT2D eigenvalue weighted by atomic mass is 10.1. The van der Waals surface area contributed by atoms with Gasteiger partial charge in [0.2, 0.25) is 0 Å². The van der Waals surface area contributed by atoms with Gasteiger partial charge >= 0.3 is 5.97 Å². The molecule has 0 unspecified atom stereocenters. The van der Waals surface area contributed by atoms with Crippen LogP contribution in [0.2, 0.25) is 0 Å². The molecule has 0 saturated heterocycles. The monoisotopic (exact) mass is 191 g/mol. The smallest absolute Gasteiger partial charge is 0.303 e. The number of hydrogen-bond donors (Lipinski definition) is 1. The van der Waals surface area contributed by atoms with E-state index in [0.29, 0.717) is 19.3 Å². The van der Waals surface area contributed by atoms with Crippen molar-refractivity contribution in [2.75, 3.05) is 0 Å². The first-order chi connectivity index (χ1) is 6.06. The number of nitrogens with zero attached hydrogens (tertiary/aromatic N) is 1. The lowest BCUT2D eigenvalue weighted by molar-refractivity contribution is -0.768. The fraction of sp³-hybridized carbons (Fsp3) is 0.857. The van der Waals surface area contributed by atoms with Gasteiger partial charge in [0, 0.05) is 6.42 Å². The average Bonchev–Trinajstić information content (AvgIpc) is 2.01. The molecule has 6 nitrogen and oxygen atoms in total. The minimum Gasteiger partial charge on any atom is -0.481 e. The molecule has 0 aromatic carbocycles. The van der Waals surface area contributed by atoms with Crippen molar-refractivity contribution in [3.8, 4) is 0 Å². The summed E-state index contributed by atoms with van der Waals surface area (Å²) in [7, 11) is 0. The predicted molar refractivity (Wildman–Crippen MR) is 43.6 cm³/mol. The minimum absolute atomic E-state index is 0.0254. The van der Waals surface area contributed by atoms with Gasteiger partial charge in [-0.1, -0.05) is 6.92 Å². The molecule has 76 valence electrons. The Hall–Kier alpha value is -1.33. The van der Waals surface area contributed by atoms with Crippen LogP contribution in [0, 0.1) is 10.1 Å². The molecule has 0 aromatic rings. The van der Waals surface area contributed by atoms with Gasteiger partial charge in [-0.2, -0.15) is 0 Å². The maximum absolute atomic E-state index is 10.1. The van der Waals surface area contributed by atoms with Gasteiger partial charge in [-0.25, -0.2) is 0 Å². The fourth-order valence-corrected chi connectivity index (χ4v) is 0.934. The van der Waals surface area contributed by atoms with Gasteiger partial charge in [0.15, 0.2) is 0 Å². The maximum Gasteiger partial charge on any atom is 0.303 e. The fourth-order valence-electron chi connectivity index (χ4n) is 0.934. The molecule has 0 aliphatic rings. The molecule has 0 fully saturated rings. The van der Waals surface area contributed by atoms with Gasteiger partial charge in [-0.3, -0.25) is 4.79 Å². The van der Waals surface area contributed by atoms with Crippen LogP contribution in [0.15, 0.2) is 0 Å². The molecule has 6 heteroatoms. The minimum atomic E-state index is -0.893. The first-order valence-electron chi connectivity index (χ1n) is 4.09. The highest BCUT2D eigenvalue weighted by Gasteiger charge is 2.11. The molecule has 0 rings (SSSR count). The maximum atomic E-state index is 10.1. The van der Waals surface area contributed by atoms with Crippen molar-refractivity contribution in [2.45, 2.75) is 38.7 Å². The standard InChI is InChI=1S/C7H13NO5/c1-2-6(13-8(11)12)4-3-5-7(9)10/h6H,2-5H2,1H3,(H,9,10)/t6-/m0/s1. The van der Waals surface area contributed by atoms with E-state index in [1.165, 1.54) is 0 Å². The number of aliphatic carboxylic acids is 1. The molecule has 0 saturated carbocycles. The Bertz CT molecular complexity index is 182. The normalized spacial score (nSPS) is 12.1. The Kier molecular flexibility index (Phi) is 5.58. The lowest BCUT2D eigenvalue weighted by Crippen LogP contribution is -2.16. The predicted octanol–water partition coefficient (Wildman–Crippen LogP) is 1.23. The molecule has 0 spiro atoms. The van der Waals surface area contributed by atoms with Crippen molar-refractivity contribution in [1.82, 2.24) is 0 Å². The Morgan fingerprint density at radius 2 is 2.31 bits per heavy atom. The molecule has 0 aromatic heterocycles.